The first-order valence-electron chi connectivity index (χ1n) is 6.98. The van der Waals surface area contributed by atoms with Crippen molar-refractivity contribution in [3.8, 4) is 11.8 Å². The third kappa shape index (κ3) is 3.60. The monoisotopic (exact) mass is 291 g/mol. The normalized spacial score (nSPS) is 18.0. The highest BCUT2D eigenvalue weighted by molar-refractivity contribution is 5.95. The van der Waals surface area contributed by atoms with Gasteiger partial charge in [0.25, 0.3) is 5.91 Å². The molecule has 0 aromatic heterocycles. The number of piperidine rings is 1. The number of benzene rings is 1. The van der Waals surface area contributed by atoms with E-state index in [0.29, 0.717) is 12.1 Å². The molecule has 1 heterocycles. The molecule has 1 aromatic carbocycles. The molecule has 0 saturated carbocycles. The summed E-state index contributed by atoms with van der Waals surface area (Å²) in [5.74, 6) is 4.11. The molecular weight excluding hydrogens is 273 g/mol. The average Bonchev–Trinajstić information content (AvgIpc) is 2.53. The number of halogens is 1. The highest BCUT2D eigenvalue weighted by atomic mass is 19.1. The Morgan fingerprint density at radius 2 is 2.19 bits per heavy atom. The van der Waals surface area contributed by atoms with Crippen LogP contribution in [0.4, 0.5) is 4.39 Å². The van der Waals surface area contributed by atoms with Crippen LogP contribution < -0.4 is 0 Å². The first kappa shape index (κ1) is 15.5. The molecule has 0 spiro atoms. The molecule has 112 valence electrons. The van der Waals surface area contributed by atoms with Crippen molar-refractivity contribution in [3.05, 3.63) is 35.1 Å². The fraction of sp³-hybridized carbons (Fsp3) is 0.438. The Morgan fingerprint density at radius 1 is 1.38 bits per heavy atom. The predicted octanol–water partition coefficient (Wildman–Crippen LogP) is 1.16. The van der Waals surface area contributed by atoms with E-state index >= 15 is 0 Å². The van der Waals surface area contributed by atoms with Crippen molar-refractivity contribution in [2.75, 3.05) is 19.8 Å². The zero-order valence-corrected chi connectivity index (χ0v) is 11.7. The van der Waals surface area contributed by atoms with Gasteiger partial charge in [-0.25, -0.2) is 4.39 Å². The highest BCUT2D eigenvalue weighted by Crippen LogP contribution is 2.21. The minimum atomic E-state index is -0.600. The standard InChI is InChI=1S/C16H18FNO3/c17-15-7-6-12(4-3-9-19)10-14(15)16(21)18-8-2-1-5-13(18)11-20/h6-7,10,13,19-20H,1-2,5,8-9,11H2. The van der Waals surface area contributed by atoms with Gasteiger partial charge in [-0.2, -0.15) is 0 Å². The van der Waals surface area contributed by atoms with Gasteiger partial charge in [-0.05, 0) is 37.5 Å². The number of aliphatic hydroxyl groups excluding tert-OH is 2. The molecule has 0 radical (unpaired) electrons. The molecule has 5 heteroatoms. The number of hydrogen-bond acceptors (Lipinski definition) is 3. The SMILES string of the molecule is O=C(c1cc(C#CCO)ccc1F)N1CCCCC1CO. The Kier molecular flexibility index (Phi) is 5.32. The maximum atomic E-state index is 13.9. The number of hydrogen-bond donors (Lipinski definition) is 2. The van der Waals surface area contributed by atoms with Crippen molar-refractivity contribution < 1.29 is 19.4 Å². The highest BCUT2D eigenvalue weighted by Gasteiger charge is 2.28. The molecule has 1 unspecified atom stereocenters. The number of nitrogens with zero attached hydrogens (tertiary/aromatic N) is 1. The minimum absolute atomic E-state index is 0.0416. The Morgan fingerprint density at radius 3 is 2.90 bits per heavy atom. The van der Waals surface area contributed by atoms with E-state index in [2.05, 4.69) is 11.8 Å². The first-order chi connectivity index (χ1) is 10.2. The molecular formula is C16H18FNO3. The van der Waals surface area contributed by atoms with Gasteiger partial charge in [0.2, 0.25) is 0 Å². The number of carbonyl (C=O) groups excluding carboxylic acids is 1. The van der Waals surface area contributed by atoms with E-state index in [4.69, 9.17) is 5.11 Å². The van der Waals surface area contributed by atoms with Gasteiger partial charge < -0.3 is 15.1 Å². The van der Waals surface area contributed by atoms with Crippen LogP contribution in [0, 0.1) is 17.7 Å². The number of rotatable bonds is 2. The van der Waals surface area contributed by atoms with E-state index in [9.17, 15) is 14.3 Å². The molecule has 1 atom stereocenters. The van der Waals surface area contributed by atoms with Crippen molar-refractivity contribution >= 4 is 5.91 Å². The summed E-state index contributed by atoms with van der Waals surface area (Å²) in [6, 6.07) is 3.81. The van der Waals surface area contributed by atoms with Crippen LogP contribution in [0.3, 0.4) is 0 Å². The molecule has 2 rings (SSSR count). The lowest BCUT2D eigenvalue weighted by molar-refractivity contribution is 0.0498. The van der Waals surface area contributed by atoms with Gasteiger partial charge in [0.15, 0.2) is 0 Å². The molecule has 1 aliphatic rings. The van der Waals surface area contributed by atoms with Gasteiger partial charge >= 0.3 is 0 Å². The van der Waals surface area contributed by atoms with Crippen molar-refractivity contribution in [3.63, 3.8) is 0 Å². The topological polar surface area (TPSA) is 60.8 Å². The van der Waals surface area contributed by atoms with Crippen LogP contribution in [-0.2, 0) is 0 Å². The van der Waals surface area contributed by atoms with Crippen LogP contribution in [0.25, 0.3) is 0 Å². The largest absolute Gasteiger partial charge is 0.394 e. The average molecular weight is 291 g/mol. The van der Waals surface area contributed by atoms with Gasteiger partial charge in [-0.3, -0.25) is 4.79 Å². The van der Waals surface area contributed by atoms with E-state index in [-0.39, 0.29) is 24.8 Å². The number of amides is 1. The molecule has 1 saturated heterocycles. The van der Waals surface area contributed by atoms with Crippen molar-refractivity contribution in [1.29, 1.82) is 0 Å². The second-order valence-corrected chi connectivity index (χ2v) is 4.99. The zero-order valence-electron chi connectivity index (χ0n) is 11.7. The van der Waals surface area contributed by atoms with Crippen LogP contribution in [0.2, 0.25) is 0 Å². The van der Waals surface area contributed by atoms with Gasteiger partial charge in [-0.15, -0.1) is 0 Å². The summed E-state index contributed by atoms with van der Waals surface area (Å²) in [6.45, 7) is 0.118. The second kappa shape index (κ2) is 7.21. The zero-order chi connectivity index (χ0) is 15.2. The quantitative estimate of drug-likeness (QED) is 0.804. The van der Waals surface area contributed by atoms with Crippen molar-refractivity contribution in [1.82, 2.24) is 4.90 Å². The van der Waals surface area contributed by atoms with Crippen LogP contribution in [-0.4, -0.2) is 46.8 Å². The van der Waals surface area contributed by atoms with Crippen molar-refractivity contribution in [2.24, 2.45) is 0 Å². The molecule has 0 bridgehead atoms. The summed E-state index contributed by atoms with van der Waals surface area (Å²) >= 11 is 0. The Bertz CT molecular complexity index is 577. The summed E-state index contributed by atoms with van der Waals surface area (Å²) in [6.07, 6.45) is 2.54. The Balaban J connectivity index is 2.29. The van der Waals surface area contributed by atoms with Crippen LogP contribution in [0.5, 0.6) is 0 Å². The summed E-state index contributed by atoms with van der Waals surface area (Å²) in [5, 5.41) is 18.0. The number of aliphatic hydroxyl groups is 2. The number of carbonyl (C=O) groups is 1. The molecule has 4 nitrogen and oxygen atoms in total. The fourth-order valence-corrected chi connectivity index (χ4v) is 2.52. The fourth-order valence-electron chi connectivity index (χ4n) is 2.52. The summed E-state index contributed by atoms with van der Waals surface area (Å²) in [4.78, 5) is 14.0. The van der Waals surface area contributed by atoms with E-state index in [1.807, 2.05) is 0 Å². The van der Waals surface area contributed by atoms with Crippen LogP contribution in [0.1, 0.15) is 35.2 Å². The first-order valence-corrected chi connectivity index (χ1v) is 6.98. The third-order valence-corrected chi connectivity index (χ3v) is 3.61. The minimum Gasteiger partial charge on any atom is -0.394 e. The maximum Gasteiger partial charge on any atom is 0.257 e. The summed E-state index contributed by atoms with van der Waals surface area (Å²) in [7, 11) is 0. The van der Waals surface area contributed by atoms with Gasteiger partial charge in [-0.1, -0.05) is 11.8 Å². The lowest BCUT2D eigenvalue weighted by Crippen LogP contribution is -2.45. The Labute approximate surface area is 123 Å². The van der Waals surface area contributed by atoms with Crippen LogP contribution in [0.15, 0.2) is 18.2 Å². The van der Waals surface area contributed by atoms with E-state index in [1.54, 1.807) is 0 Å². The van der Waals surface area contributed by atoms with E-state index < -0.39 is 11.7 Å². The molecule has 1 aliphatic heterocycles. The van der Waals surface area contributed by atoms with Crippen molar-refractivity contribution in [2.45, 2.75) is 25.3 Å². The Hall–Kier alpha value is -1.90. The summed E-state index contributed by atoms with van der Waals surface area (Å²) in [5.41, 5.74) is 0.437. The molecule has 1 fully saturated rings. The predicted molar refractivity (Wildman–Crippen MR) is 76.1 cm³/mol. The molecule has 0 aliphatic carbocycles. The lowest BCUT2D eigenvalue weighted by atomic mass is 10.0. The third-order valence-electron chi connectivity index (χ3n) is 3.61. The van der Waals surface area contributed by atoms with Gasteiger partial charge in [0.1, 0.15) is 12.4 Å². The number of likely N-dealkylation sites (tertiary alicyclic amines) is 1. The maximum absolute atomic E-state index is 13.9. The van der Waals surface area contributed by atoms with Crippen LogP contribution >= 0.6 is 0 Å². The molecule has 21 heavy (non-hydrogen) atoms. The smallest absolute Gasteiger partial charge is 0.257 e. The van der Waals surface area contributed by atoms with E-state index in [0.717, 1.165) is 19.3 Å². The molecule has 1 aromatic rings. The lowest BCUT2D eigenvalue weighted by Gasteiger charge is -2.34. The van der Waals surface area contributed by atoms with Gasteiger partial charge in [0.05, 0.1) is 18.2 Å². The molecule has 2 N–H and O–H groups in total. The molecule has 1 amide bonds. The second-order valence-electron chi connectivity index (χ2n) is 4.99. The van der Waals surface area contributed by atoms with Gasteiger partial charge in [0, 0.05) is 12.1 Å². The summed E-state index contributed by atoms with van der Waals surface area (Å²) < 4.78 is 13.9. The van der Waals surface area contributed by atoms with E-state index in [1.165, 1.54) is 23.1 Å².